The van der Waals surface area contributed by atoms with Gasteiger partial charge in [-0.2, -0.15) is 13.2 Å². The fourth-order valence-electron chi connectivity index (χ4n) is 2.25. The summed E-state index contributed by atoms with van der Waals surface area (Å²) in [4.78, 5) is 25.6. The van der Waals surface area contributed by atoms with E-state index in [-0.39, 0.29) is 16.6 Å². The molecule has 0 aromatic heterocycles. The van der Waals surface area contributed by atoms with Gasteiger partial charge in [0.05, 0.1) is 10.7 Å². The molecule has 1 heterocycles. The van der Waals surface area contributed by atoms with Crippen molar-refractivity contribution in [2.75, 3.05) is 30.4 Å². The van der Waals surface area contributed by atoms with Crippen LogP contribution in [0.1, 0.15) is 12.8 Å². The number of carbonyl (C=O) groups excluding carboxylic acids is 2. The first-order valence-corrected chi connectivity index (χ1v) is 7.24. The molecule has 1 fully saturated rings. The SMILES string of the molecule is CN(CC(F)(F)F)C(=O)Nc1cc(N2CCCC2=O)ccc1Cl. The molecule has 2 rings (SSSR count). The van der Waals surface area contributed by atoms with Crippen molar-refractivity contribution < 1.29 is 22.8 Å². The minimum Gasteiger partial charge on any atom is -0.318 e. The van der Waals surface area contributed by atoms with Crippen LogP contribution >= 0.6 is 11.6 Å². The summed E-state index contributed by atoms with van der Waals surface area (Å²) < 4.78 is 36.9. The van der Waals surface area contributed by atoms with Crippen LogP contribution < -0.4 is 10.2 Å². The second kappa shape index (κ2) is 6.66. The molecule has 0 saturated carbocycles. The van der Waals surface area contributed by atoms with Gasteiger partial charge in [0.2, 0.25) is 5.91 Å². The van der Waals surface area contributed by atoms with Crippen LogP contribution in [-0.4, -0.2) is 43.2 Å². The van der Waals surface area contributed by atoms with Crippen LogP contribution in [0.15, 0.2) is 18.2 Å². The molecule has 5 nitrogen and oxygen atoms in total. The fourth-order valence-corrected chi connectivity index (χ4v) is 2.41. The lowest BCUT2D eigenvalue weighted by Crippen LogP contribution is -2.38. The number of rotatable bonds is 3. The van der Waals surface area contributed by atoms with E-state index in [4.69, 9.17) is 11.6 Å². The number of amides is 3. The molecule has 1 aromatic rings. The molecular weight excluding hydrogens is 335 g/mol. The van der Waals surface area contributed by atoms with Gasteiger partial charge in [-0.05, 0) is 24.6 Å². The summed E-state index contributed by atoms with van der Waals surface area (Å²) in [5.41, 5.74) is 0.702. The Morgan fingerprint density at radius 1 is 1.43 bits per heavy atom. The second-order valence-electron chi connectivity index (χ2n) is 5.21. The Bertz CT molecular complexity index is 622. The first kappa shape index (κ1) is 17.4. The van der Waals surface area contributed by atoms with E-state index in [1.165, 1.54) is 12.1 Å². The van der Waals surface area contributed by atoms with Gasteiger partial charge in [0.1, 0.15) is 6.54 Å². The number of urea groups is 1. The van der Waals surface area contributed by atoms with E-state index in [0.717, 1.165) is 13.5 Å². The third-order valence-corrected chi connectivity index (χ3v) is 3.67. The van der Waals surface area contributed by atoms with E-state index in [9.17, 15) is 22.8 Å². The summed E-state index contributed by atoms with van der Waals surface area (Å²) in [5.74, 6) is -0.0428. The van der Waals surface area contributed by atoms with Gasteiger partial charge in [-0.1, -0.05) is 11.6 Å². The number of nitrogens with zero attached hydrogens (tertiary/aromatic N) is 2. The molecule has 1 saturated heterocycles. The van der Waals surface area contributed by atoms with Crippen molar-refractivity contribution in [2.45, 2.75) is 19.0 Å². The van der Waals surface area contributed by atoms with E-state index >= 15 is 0 Å². The normalized spacial score (nSPS) is 15.0. The molecule has 0 spiro atoms. The van der Waals surface area contributed by atoms with Crippen LogP contribution in [0.25, 0.3) is 0 Å². The summed E-state index contributed by atoms with van der Waals surface area (Å²) in [6.07, 6.45) is -3.31. The molecule has 0 aliphatic carbocycles. The van der Waals surface area contributed by atoms with Gasteiger partial charge in [-0.3, -0.25) is 4.79 Å². The molecule has 9 heteroatoms. The molecule has 126 valence electrons. The Kier molecular flexibility index (Phi) is 5.03. The van der Waals surface area contributed by atoms with E-state index in [1.807, 2.05) is 0 Å². The first-order valence-electron chi connectivity index (χ1n) is 6.86. The number of benzene rings is 1. The van der Waals surface area contributed by atoms with Crippen LogP contribution in [0.2, 0.25) is 5.02 Å². The predicted octanol–water partition coefficient (Wildman–Crippen LogP) is 3.49. The monoisotopic (exact) mass is 349 g/mol. The van der Waals surface area contributed by atoms with Crippen molar-refractivity contribution in [2.24, 2.45) is 0 Å². The number of carbonyl (C=O) groups is 2. The molecule has 0 unspecified atom stereocenters. The summed E-state index contributed by atoms with van der Waals surface area (Å²) >= 11 is 5.96. The summed E-state index contributed by atoms with van der Waals surface area (Å²) in [6, 6.07) is 3.65. The average molecular weight is 350 g/mol. The van der Waals surface area contributed by atoms with Gasteiger partial charge in [0.25, 0.3) is 0 Å². The van der Waals surface area contributed by atoms with Gasteiger partial charge in [-0.15, -0.1) is 0 Å². The Labute approximate surface area is 136 Å². The molecule has 3 amide bonds. The quantitative estimate of drug-likeness (QED) is 0.908. The average Bonchev–Trinajstić information content (AvgIpc) is 2.85. The van der Waals surface area contributed by atoms with Gasteiger partial charge >= 0.3 is 12.2 Å². The van der Waals surface area contributed by atoms with Crippen LogP contribution in [0.3, 0.4) is 0 Å². The van der Waals surface area contributed by atoms with Gasteiger partial charge in [-0.25, -0.2) is 4.79 Å². The number of hydrogen-bond acceptors (Lipinski definition) is 2. The lowest BCUT2D eigenvalue weighted by Gasteiger charge is -2.21. The standard InChI is InChI=1S/C14H15ClF3N3O2/c1-20(8-14(16,17)18)13(23)19-11-7-9(4-5-10(11)15)21-6-2-3-12(21)22/h4-5,7H,2-3,6,8H2,1H3,(H,19,23). The van der Waals surface area contributed by atoms with Crippen molar-refractivity contribution in [3.05, 3.63) is 23.2 Å². The minimum absolute atomic E-state index is 0.0428. The van der Waals surface area contributed by atoms with E-state index in [1.54, 1.807) is 11.0 Å². The van der Waals surface area contributed by atoms with E-state index < -0.39 is 18.8 Å². The molecular formula is C14H15ClF3N3O2. The minimum atomic E-state index is -4.49. The molecule has 1 aromatic carbocycles. The Balaban J connectivity index is 2.13. The zero-order valence-corrected chi connectivity index (χ0v) is 13.0. The van der Waals surface area contributed by atoms with Gasteiger partial charge in [0, 0.05) is 25.7 Å². The molecule has 1 aliphatic heterocycles. The third-order valence-electron chi connectivity index (χ3n) is 3.34. The van der Waals surface area contributed by atoms with Crippen molar-refractivity contribution >= 4 is 34.9 Å². The maximum atomic E-state index is 12.3. The van der Waals surface area contributed by atoms with Crippen LogP contribution in [0.4, 0.5) is 29.3 Å². The topological polar surface area (TPSA) is 52.7 Å². The highest BCUT2D eigenvalue weighted by Gasteiger charge is 2.31. The van der Waals surface area contributed by atoms with Crippen molar-refractivity contribution in [3.8, 4) is 0 Å². The molecule has 0 radical (unpaired) electrons. The van der Waals surface area contributed by atoms with Crippen LogP contribution in [0, 0.1) is 0 Å². The number of halogens is 4. The van der Waals surface area contributed by atoms with Crippen molar-refractivity contribution in [1.82, 2.24) is 4.90 Å². The molecule has 23 heavy (non-hydrogen) atoms. The maximum absolute atomic E-state index is 12.3. The summed E-state index contributed by atoms with van der Waals surface area (Å²) in [6.45, 7) is -0.817. The lowest BCUT2D eigenvalue weighted by atomic mass is 10.2. The number of hydrogen-bond donors (Lipinski definition) is 1. The Morgan fingerprint density at radius 2 is 2.13 bits per heavy atom. The van der Waals surface area contributed by atoms with E-state index in [0.29, 0.717) is 23.6 Å². The number of alkyl halides is 3. The first-order chi connectivity index (χ1) is 10.7. The van der Waals surface area contributed by atoms with Crippen LogP contribution in [-0.2, 0) is 4.79 Å². The zero-order chi connectivity index (χ0) is 17.2. The highest BCUT2D eigenvalue weighted by molar-refractivity contribution is 6.33. The lowest BCUT2D eigenvalue weighted by molar-refractivity contribution is -0.137. The zero-order valence-electron chi connectivity index (χ0n) is 12.3. The van der Waals surface area contributed by atoms with Crippen molar-refractivity contribution in [3.63, 3.8) is 0 Å². The maximum Gasteiger partial charge on any atom is 0.406 e. The number of nitrogens with one attached hydrogen (secondary N) is 1. The van der Waals surface area contributed by atoms with Crippen molar-refractivity contribution in [1.29, 1.82) is 0 Å². The smallest absolute Gasteiger partial charge is 0.318 e. The largest absolute Gasteiger partial charge is 0.406 e. The fraction of sp³-hybridized carbons (Fsp3) is 0.429. The molecule has 1 N–H and O–H groups in total. The summed E-state index contributed by atoms with van der Waals surface area (Å²) in [7, 11) is 1.03. The van der Waals surface area contributed by atoms with Gasteiger partial charge < -0.3 is 15.1 Å². The Morgan fingerprint density at radius 3 is 2.70 bits per heavy atom. The molecule has 0 bridgehead atoms. The van der Waals surface area contributed by atoms with Gasteiger partial charge in [0.15, 0.2) is 0 Å². The third kappa shape index (κ3) is 4.51. The summed E-state index contributed by atoms with van der Waals surface area (Å²) in [5, 5.41) is 2.50. The highest BCUT2D eigenvalue weighted by Crippen LogP contribution is 2.30. The second-order valence-corrected chi connectivity index (χ2v) is 5.62. The molecule has 1 aliphatic rings. The Hall–Kier alpha value is -1.96. The predicted molar refractivity (Wildman–Crippen MR) is 80.7 cm³/mol. The number of anilines is 2. The van der Waals surface area contributed by atoms with Crippen LogP contribution in [0.5, 0.6) is 0 Å². The van der Waals surface area contributed by atoms with E-state index in [2.05, 4.69) is 5.32 Å². The molecule has 0 atom stereocenters. The highest BCUT2D eigenvalue weighted by atomic mass is 35.5.